The van der Waals surface area contributed by atoms with Crippen LogP contribution in [0.3, 0.4) is 0 Å². The molecule has 0 spiro atoms. The van der Waals surface area contributed by atoms with Gasteiger partial charge in [-0.25, -0.2) is 0 Å². The Balaban J connectivity index is 1.47. The van der Waals surface area contributed by atoms with Crippen molar-refractivity contribution in [1.82, 2.24) is 4.57 Å². The fraction of sp³-hybridized carbons (Fsp3) is 0. The van der Waals surface area contributed by atoms with Crippen molar-refractivity contribution in [3.05, 3.63) is 146 Å². The second-order valence-electron chi connectivity index (χ2n) is 10.9. The molecule has 1 unspecified atom stereocenters. The molecule has 0 amide bonds. The molecule has 0 aliphatic carbocycles. The summed E-state index contributed by atoms with van der Waals surface area (Å²) < 4.78 is 18.1. The molecule has 0 saturated heterocycles. The van der Waals surface area contributed by atoms with E-state index >= 15 is 4.57 Å². The van der Waals surface area contributed by atoms with Gasteiger partial charge in [0.05, 0.1) is 16.7 Å². The molecule has 9 rings (SSSR count). The second kappa shape index (κ2) is 8.30. The highest BCUT2D eigenvalue weighted by molar-refractivity contribution is 7.86. The molecule has 1 aliphatic heterocycles. The third-order valence-electron chi connectivity index (χ3n) is 8.76. The van der Waals surface area contributed by atoms with Crippen LogP contribution in [0.2, 0.25) is 0 Å². The molecule has 0 fully saturated rings. The monoisotopic (exact) mass is 541 g/mol. The van der Waals surface area contributed by atoms with Gasteiger partial charge in [0.1, 0.15) is 0 Å². The Morgan fingerprint density at radius 2 is 1.12 bits per heavy atom. The van der Waals surface area contributed by atoms with Crippen molar-refractivity contribution in [3.63, 3.8) is 0 Å². The third-order valence-corrected chi connectivity index (χ3v) is 11.9. The summed E-state index contributed by atoms with van der Waals surface area (Å²) in [5.41, 5.74) is 5.51. The van der Waals surface area contributed by atoms with Crippen LogP contribution in [-0.4, -0.2) is 4.57 Å². The minimum Gasteiger partial charge on any atom is -0.309 e. The molecule has 192 valence electrons. The lowest BCUT2D eigenvalue weighted by molar-refractivity contribution is 0.593. The largest absolute Gasteiger partial charge is 0.309 e. The summed E-state index contributed by atoms with van der Waals surface area (Å²) in [6, 6.07) is 50.9. The lowest BCUT2D eigenvalue weighted by Crippen LogP contribution is -2.21. The zero-order valence-corrected chi connectivity index (χ0v) is 23.1. The number of hydrogen-bond acceptors (Lipinski definition) is 1. The van der Waals surface area contributed by atoms with Gasteiger partial charge in [-0.1, -0.05) is 121 Å². The predicted molar refractivity (Wildman–Crippen MR) is 174 cm³/mol. The van der Waals surface area contributed by atoms with Crippen LogP contribution < -0.4 is 15.9 Å². The molecule has 0 bridgehead atoms. The highest BCUT2D eigenvalue weighted by atomic mass is 31.2. The van der Waals surface area contributed by atoms with Crippen molar-refractivity contribution in [3.8, 4) is 16.8 Å². The van der Waals surface area contributed by atoms with Gasteiger partial charge in [0, 0.05) is 32.1 Å². The molecular formula is C38H24NOP. The zero-order chi connectivity index (χ0) is 27.1. The Bertz CT molecular complexity index is 2400. The minimum absolute atomic E-state index is 0.878. The fourth-order valence-electron chi connectivity index (χ4n) is 6.98. The van der Waals surface area contributed by atoms with E-state index in [0.29, 0.717) is 0 Å². The van der Waals surface area contributed by atoms with E-state index in [1.54, 1.807) is 0 Å². The van der Waals surface area contributed by atoms with Crippen molar-refractivity contribution in [1.29, 1.82) is 0 Å². The first kappa shape index (κ1) is 22.9. The minimum atomic E-state index is -3.17. The van der Waals surface area contributed by atoms with E-state index in [2.05, 4.69) is 120 Å². The summed E-state index contributed by atoms with van der Waals surface area (Å²) in [4.78, 5) is 0. The van der Waals surface area contributed by atoms with Crippen LogP contribution in [0, 0.1) is 0 Å². The lowest BCUT2D eigenvalue weighted by atomic mass is 9.99. The normalized spacial score (nSPS) is 16.0. The summed E-state index contributed by atoms with van der Waals surface area (Å²) in [5.74, 6) is 0. The van der Waals surface area contributed by atoms with Crippen LogP contribution in [0.4, 0.5) is 0 Å². The van der Waals surface area contributed by atoms with E-state index in [4.69, 9.17) is 0 Å². The van der Waals surface area contributed by atoms with Crippen LogP contribution in [0.15, 0.2) is 146 Å². The first-order valence-corrected chi connectivity index (χ1v) is 15.7. The molecule has 41 heavy (non-hydrogen) atoms. The van der Waals surface area contributed by atoms with Crippen molar-refractivity contribution < 1.29 is 4.57 Å². The molecule has 8 aromatic rings. The number of benzene rings is 7. The van der Waals surface area contributed by atoms with Gasteiger partial charge < -0.3 is 9.13 Å². The smallest absolute Gasteiger partial charge is 0.172 e. The summed E-state index contributed by atoms with van der Waals surface area (Å²) in [6.45, 7) is 0. The van der Waals surface area contributed by atoms with E-state index in [9.17, 15) is 0 Å². The molecule has 0 radical (unpaired) electrons. The molecule has 1 aliphatic rings. The number of fused-ring (bicyclic) bond motifs is 9. The number of para-hydroxylation sites is 1. The Labute approximate surface area is 237 Å². The standard InChI is InChI=1S/C38H24NOP/c40-41(27-14-2-1-3-15-27)37-24-36-32(23-33(37)31-22-21-26-12-5-7-17-29(26)38(31)41)30-18-8-9-19-35(30)39(36)34-20-10-13-25-11-4-6-16-28(25)34/h1-24H. The van der Waals surface area contributed by atoms with Crippen molar-refractivity contribution in [2.75, 3.05) is 0 Å². The Morgan fingerprint density at radius 3 is 1.95 bits per heavy atom. The van der Waals surface area contributed by atoms with E-state index in [-0.39, 0.29) is 0 Å². The molecule has 1 aromatic heterocycles. The second-order valence-corrected chi connectivity index (χ2v) is 13.5. The fourth-order valence-corrected chi connectivity index (χ4v) is 10.3. The quantitative estimate of drug-likeness (QED) is 0.201. The van der Waals surface area contributed by atoms with Gasteiger partial charge in [0.15, 0.2) is 7.14 Å². The van der Waals surface area contributed by atoms with Crippen LogP contribution >= 0.6 is 7.14 Å². The number of nitrogens with zero attached hydrogens (tertiary/aromatic N) is 1. The first-order chi connectivity index (χ1) is 20.2. The SMILES string of the molecule is O=P1(c2ccccc2)c2cc3c(cc2-c2ccc4ccccc4c21)c1ccccc1n3-c1cccc2ccccc12. The molecule has 0 saturated carbocycles. The van der Waals surface area contributed by atoms with Crippen LogP contribution in [0.25, 0.3) is 60.2 Å². The number of rotatable bonds is 2. The number of aromatic nitrogens is 1. The summed E-state index contributed by atoms with van der Waals surface area (Å²) >= 11 is 0. The summed E-state index contributed by atoms with van der Waals surface area (Å²) in [6.07, 6.45) is 0. The van der Waals surface area contributed by atoms with E-state index in [0.717, 1.165) is 54.5 Å². The molecular weight excluding hydrogens is 517 g/mol. The maximum Gasteiger partial charge on any atom is 0.172 e. The topological polar surface area (TPSA) is 22.0 Å². The predicted octanol–water partition coefficient (Wildman–Crippen LogP) is 8.71. The van der Waals surface area contributed by atoms with Gasteiger partial charge >= 0.3 is 0 Å². The summed E-state index contributed by atoms with van der Waals surface area (Å²) in [5, 5.41) is 9.71. The maximum absolute atomic E-state index is 15.8. The van der Waals surface area contributed by atoms with Gasteiger partial charge in [0.25, 0.3) is 0 Å². The van der Waals surface area contributed by atoms with Gasteiger partial charge in [0.2, 0.25) is 0 Å². The van der Waals surface area contributed by atoms with Gasteiger partial charge in [-0.3, -0.25) is 0 Å². The Kier molecular flexibility index (Phi) is 4.63. The summed E-state index contributed by atoms with van der Waals surface area (Å²) in [7, 11) is -3.17. The van der Waals surface area contributed by atoms with E-state index in [1.807, 2.05) is 30.3 Å². The van der Waals surface area contributed by atoms with Crippen molar-refractivity contribution in [2.45, 2.75) is 0 Å². The highest BCUT2D eigenvalue weighted by Crippen LogP contribution is 2.55. The zero-order valence-electron chi connectivity index (χ0n) is 22.2. The molecule has 0 N–H and O–H groups in total. The van der Waals surface area contributed by atoms with Gasteiger partial charge in [-0.15, -0.1) is 0 Å². The average Bonchev–Trinajstić information content (AvgIpc) is 3.50. The van der Waals surface area contributed by atoms with Crippen LogP contribution in [0.1, 0.15) is 0 Å². The van der Waals surface area contributed by atoms with Crippen LogP contribution in [0.5, 0.6) is 0 Å². The third kappa shape index (κ3) is 3.00. The lowest BCUT2D eigenvalue weighted by Gasteiger charge is -2.18. The van der Waals surface area contributed by atoms with Crippen molar-refractivity contribution in [2.24, 2.45) is 0 Å². The number of hydrogen-bond donors (Lipinski definition) is 0. The Hall–Kier alpha value is -4.91. The maximum atomic E-state index is 15.8. The van der Waals surface area contributed by atoms with Crippen molar-refractivity contribution >= 4 is 66.4 Å². The highest BCUT2D eigenvalue weighted by Gasteiger charge is 2.42. The molecule has 1 atom stereocenters. The molecule has 2 heterocycles. The van der Waals surface area contributed by atoms with E-state index < -0.39 is 7.14 Å². The van der Waals surface area contributed by atoms with Gasteiger partial charge in [-0.2, -0.15) is 0 Å². The molecule has 7 aromatic carbocycles. The van der Waals surface area contributed by atoms with E-state index in [1.165, 1.54) is 21.5 Å². The molecule has 2 nitrogen and oxygen atoms in total. The molecule has 3 heteroatoms. The first-order valence-electron chi connectivity index (χ1n) is 14.0. The van der Waals surface area contributed by atoms with Gasteiger partial charge in [-0.05, 0) is 51.6 Å². The van der Waals surface area contributed by atoms with Crippen LogP contribution in [-0.2, 0) is 4.57 Å². The Morgan fingerprint density at radius 1 is 0.463 bits per heavy atom. The average molecular weight is 542 g/mol.